The summed E-state index contributed by atoms with van der Waals surface area (Å²) in [4.78, 5) is 11.7. The Morgan fingerprint density at radius 2 is 0.923 bits per heavy atom. The molecule has 0 aromatic rings. The zero-order valence-corrected chi connectivity index (χ0v) is 33.8. The van der Waals surface area contributed by atoms with Gasteiger partial charge in [0, 0.05) is 12.0 Å². The first-order chi connectivity index (χ1) is 25.4. The second-order valence-electron chi connectivity index (χ2n) is 16.9. The Morgan fingerprint density at radius 1 is 0.558 bits per heavy atom. The van der Waals surface area contributed by atoms with Gasteiger partial charge in [0.2, 0.25) is 0 Å². The third-order valence-electron chi connectivity index (χ3n) is 12.0. The van der Waals surface area contributed by atoms with Gasteiger partial charge in [-0.3, -0.25) is 0 Å². The molecule has 304 valence electrons. The fraction of sp³-hybridized carbons (Fsp3) is 0.933. The van der Waals surface area contributed by atoms with Crippen molar-refractivity contribution < 1.29 is 34.3 Å². The molecule has 7 heteroatoms. The Hall–Kier alpha value is -0.990. The lowest BCUT2D eigenvalue weighted by Crippen LogP contribution is -2.33. The van der Waals surface area contributed by atoms with Crippen molar-refractivity contribution in [3.63, 3.8) is 0 Å². The lowest BCUT2D eigenvalue weighted by molar-refractivity contribution is -0.139. The van der Waals surface area contributed by atoms with Crippen LogP contribution in [-0.4, -0.2) is 70.1 Å². The molecule has 8 atom stereocenters. The summed E-state index contributed by atoms with van der Waals surface area (Å²) in [6.45, 7) is 4.11. The molecule has 0 bridgehead atoms. The Morgan fingerprint density at radius 3 is 1.29 bits per heavy atom. The van der Waals surface area contributed by atoms with E-state index in [-0.39, 0.29) is 48.7 Å². The van der Waals surface area contributed by atoms with E-state index in [4.69, 9.17) is 14.2 Å². The molecule has 7 nitrogen and oxygen atoms in total. The highest BCUT2D eigenvalue weighted by Gasteiger charge is 2.40. The van der Waals surface area contributed by atoms with Crippen molar-refractivity contribution in [1.82, 2.24) is 0 Å². The number of hydrogen-bond donors (Lipinski definition) is 3. The molecule has 0 aliphatic carbocycles. The van der Waals surface area contributed by atoms with Crippen molar-refractivity contribution >= 4 is 5.97 Å². The van der Waals surface area contributed by atoms with E-state index in [1.807, 2.05) is 13.0 Å². The van der Waals surface area contributed by atoms with Crippen LogP contribution in [0.3, 0.4) is 0 Å². The number of carbonyl (C=O) groups is 1. The molecule has 3 aliphatic heterocycles. The van der Waals surface area contributed by atoms with Crippen LogP contribution in [0.5, 0.6) is 0 Å². The number of cyclic esters (lactones) is 1. The second kappa shape index (κ2) is 28.4. The molecule has 3 heterocycles. The van der Waals surface area contributed by atoms with Gasteiger partial charge in [0.1, 0.15) is 6.10 Å². The van der Waals surface area contributed by atoms with Crippen molar-refractivity contribution in [2.45, 2.75) is 268 Å². The number of aliphatic hydroxyl groups excluding tert-OH is 3. The molecule has 3 rings (SSSR count). The van der Waals surface area contributed by atoms with E-state index in [9.17, 15) is 20.1 Å². The maximum atomic E-state index is 11.7. The minimum atomic E-state index is -0.433. The molecule has 0 spiro atoms. The SMILES string of the molecule is CCCCCCCCCCC(O)C1CCC(C2CCC(C(O)CCCCCCCCCCCCCCCCCCC(O)CC3=CC(C)OC3=O)O2)O1. The van der Waals surface area contributed by atoms with Gasteiger partial charge >= 0.3 is 5.97 Å². The summed E-state index contributed by atoms with van der Waals surface area (Å²) in [5.41, 5.74) is 0.637. The van der Waals surface area contributed by atoms with E-state index in [1.165, 1.54) is 128 Å². The van der Waals surface area contributed by atoms with Crippen LogP contribution < -0.4 is 0 Å². The summed E-state index contributed by atoms with van der Waals surface area (Å²) in [7, 11) is 0. The van der Waals surface area contributed by atoms with Gasteiger partial charge in [-0.15, -0.1) is 0 Å². The number of carbonyl (C=O) groups excluding carboxylic acids is 1. The van der Waals surface area contributed by atoms with Crippen LogP contribution in [0, 0.1) is 0 Å². The molecule has 3 N–H and O–H groups in total. The number of esters is 1. The molecule has 52 heavy (non-hydrogen) atoms. The first-order valence-electron chi connectivity index (χ1n) is 22.6. The molecule has 2 fully saturated rings. The molecule has 8 unspecified atom stereocenters. The number of hydrogen-bond acceptors (Lipinski definition) is 7. The number of rotatable bonds is 33. The third kappa shape index (κ3) is 19.6. The summed E-state index contributed by atoms with van der Waals surface area (Å²) in [5.74, 6) is -0.263. The predicted octanol–water partition coefficient (Wildman–Crippen LogP) is 11.0. The van der Waals surface area contributed by atoms with Crippen molar-refractivity contribution in [3.05, 3.63) is 11.6 Å². The minimum absolute atomic E-state index is 0.0472. The van der Waals surface area contributed by atoms with Gasteiger partial charge in [-0.05, 0) is 57.9 Å². The zero-order chi connectivity index (χ0) is 37.2. The summed E-state index contributed by atoms with van der Waals surface area (Å²) >= 11 is 0. The summed E-state index contributed by atoms with van der Waals surface area (Å²) in [5, 5.41) is 31.7. The van der Waals surface area contributed by atoms with Gasteiger partial charge in [0.05, 0.1) is 42.7 Å². The lowest BCUT2D eigenvalue weighted by atomic mass is 10.00. The summed E-state index contributed by atoms with van der Waals surface area (Å²) < 4.78 is 17.7. The molecule has 0 aromatic heterocycles. The van der Waals surface area contributed by atoms with Gasteiger partial charge in [0.15, 0.2) is 0 Å². The molecule has 0 aromatic carbocycles. The smallest absolute Gasteiger partial charge is 0.334 e. The number of aliphatic hydroxyl groups is 3. The van der Waals surface area contributed by atoms with E-state index < -0.39 is 6.10 Å². The maximum absolute atomic E-state index is 11.7. The van der Waals surface area contributed by atoms with Gasteiger partial charge in [-0.1, -0.05) is 161 Å². The van der Waals surface area contributed by atoms with Crippen LogP contribution in [0.15, 0.2) is 11.6 Å². The highest BCUT2D eigenvalue weighted by atomic mass is 16.6. The summed E-state index contributed by atoms with van der Waals surface area (Å²) in [6, 6.07) is 0. The van der Waals surface area contributed by atoms with Gasteiger partial charge in [0.25, 0.3) is 0 Å². The topological polar surface area (TPSA) is 105 Å². The Labute approximate surface area is 319 Å². The molecule has 2 saturated heterocycles. The van der Waals surface area contributed by atoms with Crippen LogP contribution in [-0.2, 0) is 19.0 Å². The standard InChI is InChI=1S/C45H82O7/c1-3-4-5-6-7-19-22-25-28-39(47)41-30-32-43(51-41)44-33-31-42(52-44)40(48)29-26-23-20-17-15-13-11-9-8-10-12-14-16-18-21-24-27-38(46)35-37-34-36(2)50-45(37)49/h34,36,38-44,46-48H,3-33,35H2,1-2H3. The Kier molecular flexibility index (Phi) is 24.8. The monoisotopic (exact) mass is 735 g/mol. The molecule has 0 radical (unpaired) electrons. The van der Waals surface area contributed by atoms with Gasteiger partial charge < -0.3 is 29.5 Å². The van der Waals surface area contributed by atoms with Crippen molar-refractivity contribution in [2.24, 2.45) is 0 Å². The minimum Gasteiger partial charge on any atom is -0.455 e. The second-order valence-corrected chi connectivity index (χ2v) is 16.9. The van der Waals surface area contributed by atoms with E-state index >= 15 is 0 Å². The van der Waals surface area contributed by atoms with Crippen LogP contribution in [0.2, 0.25) is 0 Å². The average molecular weight is 735 g/mol. The van der Waals surface area contributed by atoms with E-state index in [1.54, 1.807) is 0 Å². The molecule has 3 aliphatic rings. The van der Waals surface area contributed by atoms with Gasteiger partial charge in [-0.25, -0.2) is 4.79 Å². The van der Waals surface area contributed by atoms with Gasteiger partial charge in [-0.2, -0.15) is 0 Å². The zero-order valence-electron chi connectivity index (χ0n) is 33.8. The lowest BCUT2D eigenvalue weighted by Gasteiger charge is -2.24. The first-order valence-corrected chi connectivity index (χ1v) is 22.6. The summed E-state index contributed by atoms with van der Waals surface area (Å²) in [6.07, 6.45) is 37.9. The van der Waals surface area contributed by atoms with Crippen LogP contribution in [0.4, 0.5) is 0 Å². The van der Waals surface area contributed by atoms with Crippen LogP contribution >= 0.6 is 0 Å². The molecular weight excluding hydrogens is 652 g/mol. The Bertz CT molecular complexity index is 923. The predicted molar refractivity (Wildman–Crippen MR) is 212 cm³/mol. The third-order valence-corrected chi connectivity index (χ3v) is 12.0. The molecule has 0 saturated carbocycles. The van der Waals surface area contributed by atoms with Crippen LogP contribution in [0.25, 0.3) is 0 Å². The van der Waals surface area contributed by atoms with E-state index in [2.05, 4.69) is 6.92 Å². The first kappa shape index (κ1) is 45.4. The maximum Gasteiger partial charge on any atom is 0.334 e. The van der Waals surface area contributed by atoms with Crippen molar-refractivity contribution in [1.29, 1.82) is 0 Å². The number of unbranched alkanes of at least 4 members (excludes halogenated alkanes) is 22. The Balaban J connectivity index is 1.04. The molecule has 0 amide bonds. The number of ether oxygens (including phenoxy) is 3. The fourth-order valence-electron chi connectivity index (χ4n) is 8.70. The molecular formula is C45H82O7. The highest BCUT2D eigenvalue weighted by Crippen LogP contribution is 2.35. The van der Waals surface area contributed by atoms with Crippen molar-refractivity contribution in [2.75, 3.05) is 0 Å². The average Bonchev–Trinajstić information content (AvgIpc) is 3.89. The van der Waals surface area contributed by atoms with E-state index in [0.29, 0.717) is 12.0 Å². The van der Waals surface area contributed by atoms with Crippen molar-refractivity contribution in [3.8, 4) is 0 Å². The largest absolute Gasteiger partial charge is 0.455 e. The quantitative estimate of drug-likeness (QED) is 0.0455. The van der Waals surface area contributed by atoms with Crippen LogP contribution in [0.1, 0.15) is 219 Å². The fourth-order valence-corrected chi connectivity index (χ4v) is 8.70. The van der Waals surface area contributed by atoms with E-state index in [0.717, 1.165) is 70.6 Å². The highest BCUT2D eigenvalue weighted by molar-refractivity contribution is 5.90. The normalized spacial score (nSPS) is 25.1.